The molecule has 0 saturated carbocycles. The Bertz CT molecular complexity index is 357. The highest BCUT2D eigenvalue weighted by Gasteiger charge is 2.02. The zero-order valence-corrected chi connectivity index (χ0v) is 9.59. The highest BCUT2D eigenvalue weighted by Crippen LogP contribution is 2.19. The van der Waals surface area contributed by atoms with Gasteiger partial charge < -0.3 is 0 Å². The van der Waals surface area contributed by atoms with Crippen molar-refractivity contribution in [2.24, 2.45) is 0 Å². The summed E-state index contributed by atoms with van der Waals surface area (Å²) in [6, 6.07) is 1.89. The third kappa shape index (κ3) is 3.66. The molecule has 6 heteroatoms. The fraction of sp³-hybridized carbons (Fsp3) is 0.333. The molecule has 0 spiro atoms. The lowest BCUT2D eigenvalue weighted by Crippen LogP contribution is -2.20. The first-order chi connectivity index (χ1) is 5.47. The molecule has 0 fully saturated rings. The van der Waals surface area contributed by atoms with Gasteiger partial charge in [-0.25, -0.2) is 13.1 Å². The average Bonchev–Trinajstić information content (AvgIpc) is 2.30. The van der Waals surface area contributed by atoms with E-state index in [1.807, 2.05) is 11.4 Å². The van der Waals surface area contributed by atoms with Crippen LogP contribution >= 0.6 is 27.3 Å². The highest BCUT2D eigenvalue weighted by molar-refractivity contribution is 9.10. The molecule has 1 rings (SSSR count). The molecule has 0 unspecified atom stereocenters. The van der Waals surface area contributed by atoms with Crippen LogP contribution in [0.2, 0.25) is 0 Å². The SMILES string of the molecule is CS(=O)(=O)NCc1cc(Br)cs1. The topological polar surface area (TPSA) is 46.2 Å². The minimum Gasteiger partial charge on any atom is -0.213 e. The number of rotatable bonds is 3. The number of nitrogens with one attached hydrogen (secondary N) is 1. The lowest BCUT2D eigenvalue weighted by atomic mass is 10.5. The third-order valence-electron chi connectivity index (χ3n) is 1.13. The summed E-state index contributed by atoms with van der Waals surface area (Å²) in [6.07, 6.45) is 1.15. The van der Waals surface area contributed by atoms with Crippen molar-refractivity contribution in [3.8, 4) is 0 Å². The Balaban J connectivity index is 2.55. The lowest BCUT2D eigenvalue weighted by Gasteiger charge is -1.97. The minimum absolute atomic E-state index is 0.370. The van der Waals surface area contributed by atoms with Crippen LogP contribution in [-0.2, 0) is 16.6 Å². The maximum Gasteiger partial charge on any atom is 0.209 e. The van der Waals surface area contributed by atoms with E-state index in [2.05, 4.69) is 20.7 Å². The molecular formula is C6H8BrNO2S2. The lowest BCUT2D eigenvalue weighted by molar-refractivity contribution is 0.588. The van der Waals surface area contributed by atoms with Crippen LogP contribution in [0.5, 0.6) is 0 Å². The molecule has 0 aliphatic rings. The third-order valence-corrected chi connectivity index (χ3v) is 3.50. The summed E-state index contributed by atoms with van der Waals surface area (Å²) < 4.78 is 24.8. The van der Waals surface area contributed by atoms with E-state index in [4.69, 9.17) is 0 Å². The summed E-state index contributed by atoms with van der Waals surface area (Å²) in [5, 5.41) is 1.92. The number of thiophene rings is 1. The minimum atomic E-state index is -3.07. The Morgan fingerprint density at radius 3 is 2.75 bits per heavy atom. The van der Waals surface area contributed by atoms with Gasteiger partial charge in [0.15, 0.2) is 0 Å². The summed E-state index contributed by atoms with van der Waals surface area (Å²) in [4.78, 5) is 0.993. The molecule has 1 N–H and O–H groups in total. The molecule has 0 saturated heterocycles. The molecule has 0 aliphatic carbocycles. The van der Waals surface area contributed by atoms with Crippen LogP contribution in [-0.4, -0.2) is 14.7 Å². The second-order valence-electron chi connectivity index (χ2n) is 2.32. The normalized spacial score (nSPS) is 11.8. The summed E-state index contributed by atoms with van der Waals surface area (Å²) in [5.74, 6) is 0. The molecule has 1 aromatic rings. The van der Waals surface area contributed by atoms with E-state index < -0.39 is 10.0 Å². The van der Waals surface area contributed by atoms with E-state index in [1.165, 1.54) is 11.3 Å². The average molecular weight is 270 g/mol. The van der Waals surface area contributed by atoms with Gasteiger partial charge in [-0.15, -0.1) is 11.3 Å². The van der Waals surface area contributed by atoms with Gasteiger partial charge in [0, 0.05) is 21.3 Å². The van der Waals surface area contributed by atoms with Gasteiger partial charge in [0.2, 0.25) is 10.0 Å². The number of halogens is 1. The van der Waals surface area contributed by atoms with Crippen molar-refractivity contribution >= 4 is 37.3 Å². The fourth-order valence-corrected chi connectivity index (χ4v) is 2.55. The van der Waals surface area contributed by atoms with Gasteiger partial charge >= 0.3 is 0 Å². The van der Waals surface area contributed by atoms with Gasteiger partial charge in [-0.3, -0.25) is 0 Å². The Labute approximate surface area is 84.0 Å². The van der Waals surface area contributed by atoms with Crippen LogP contribution in [0.25, 0.3) is 0 Å². The smallest absolute Gasteiger partial charge is 0.209 e. The Morgan fingerprint density at radius 1 is 1.67 bits per heavy atom. The number of hydrogen-bond acceptors (Lipinski definition) is 3. The summed E-state index contributed by atoms with van der Waals surface area (Å²) in [7, 11) is -3.07. The number of hydrogen-bond donors (Lipinski definition) is 1. The Kier molecular flexibility index (Phi) is 3.28. The Hall–Kier alpha value is 0.0900. The molecule has 3 nitrogen and oxygen atoms in total. The molecule has 0 bridgehead atoms. The van der Waals surface area contributed by atoms with Crippen LogP contribution in [0, 0.1) is 0 Å². The molecule has 12 heavy (non-hydrogen) atoms. The van der Waals surface area contributed by atoms with E-state index in [1.54, 1.807) is 0 Å². The zero-order chi connectivity index (χ0) is 9.19. The predicted molar refractivity (Wildman–Crippen MR) is 53.7 cm³/mol. The monoisotopic (exact) mass is 269 g/mol. The molecule has 0 radical (unpaired) electrons. The van der Waals surface area contributed by atoms with E-state index in [-0.39, 0.29) is 0 Å². The molecular weight excluding hydrogens is 262 g/mol. The maximum absolute atomic E-state index is 10.7. The summed E-state index contributed by atoms with van der Waals surface area (Å²) in [6.45, 7) is 0.370. The second kappa shape index (κ2) is 3.87. The summed E-state index contributed by atoms with van der Waals surface area (Å²) in [5.41, 5.74) is 0. The molecule has 1 aromatic heterocycles. The van der Waals surface area contributed by atoms with Gasteiger partial charge in [-0.1, -0.05) is 0 Å². The van der Waals surface area contributed by atoms with Crippen LogP contribution in [0.4, 0.5) is 0 Å². The summed E-state index contributed by atoms with van der Waals surface area (Å²) >= 11 is 4.80. The molecule has 0 aliphatic heterocycles. The van der Waals surface area contributed by atoms with Gasteiger partial charge in [0.05, 0.1) is 6.26 Å². The molecule has 0 atom stereocenters. The van der Waals surface area contributed by atoms with Crippen molar-refractivity contribution in [2.45, 2.75) is 6.54 Å². The van der Waals surface area contributed by atoms with Gasteiger partial charge in [0.25, 0.3) is 0 Å². The molecule has 0 amide bonds. The van der Waals surface area contributed by atoms with E-state index in [0.29, 0.717) is 6.54 Å². The second-order valence-corrected chi connectivity index (χ2v) is 6.07. The van der Waals surface area contributed by atoms with Gasteiger partial charge in [-0.2, -0.15) is 0 Å². The van der Waals surface area contributed by atoms with Crippen molar-refractivity contribution in [2.75, 3.05) is 6.26 Å². The van der Waals surface area contributed by atoms with Crippen LogP contribution < -0.4 is 4.72 Å². The first-order valence-corrected chi connectivity index (χ1v) is 6.71. The largest absolute Gasteiger partial charge is 0.213 e. The quantitative estimate of drug-likeness (QED) is 0.906. The first-order valence-electron chi connectivity index (χ1n) is 3.15. The van der Waals surface area contributed by atoms with Gasteiger partial charge in [0.1, 0.15) is 0 Å². The van der Waals surface area contributed by atoms with E-state index >= 15 is 0 Å². The fourth-order valence-electron chi connectivity index (χ4n) is 0.649. The molecule has 0 aromatic carbocycles. The Morgan fingerprint density at radius 2 is 2.33 bits per heavy atom. The molecule has 68 valence electrons. The van der Waals surface area contributed by atoms with Gasteiger partial charge in [-0.05, 0) is 22.0 Å². The number of sulfonamides is 1. The zero-order valence-electron chi connectivity index (χ0n) is 6.37. The van der Waals surface area contributed by atoms with Crippen molar-refractivity contribution in [1.82, 2.24) is 4.72 Å². The standard InChI is InChI=1S/C6H8BrNO2S2/c1-12(9,10)8-3-6-2-5(7)4-11-6/h2,4,8H,3H2,1H3. The van der Waals surface area contributed by atoms with Crippen LogP contribution in [0.15, 0.2) is 15.9 Å². The van der Waals surface area contributed by atoms with E-state index in [9.17, 15) is 8.42 Å². The van der Waals surface area contributed by atoms with E-state index in [0.717, 1.165) is 15.6 Å². The van der Waals surface area contributed by atoms with Crippen molar-refractivity contribution in [3.63, 3.8) is 0 Å². The molecule has 1 heterocycles. The first kappa shape index (κ1) is 10.2. The maximum atomic E-state index is 10.7. The van der Waals surface area contributed by atoms with Crippen molar-refractivity contribution in [3.05, 3.63) is 20.8 Å². The predicted octanol–water partition coefficient (Wildman–Crippen LogP) is 1.56. The van der Waals surface area contributed by atoms with Crippen molar-refractivity contribution < 1.29 is 8.42 Å². The highest BCUT2D eigenvalue weighted by atomic mass is 79.9. The van der Waals surface area contributed by atoms with Crippen LogP contribution in [0.3, 0.4) is 0 Å². The van der Waals surface area contributed by atoms with Crippen LogP contribution in [0.1, 0.15) is 4.88 Å². The van der Waals surface area contributed by atoms with Crippen molar-refractivity contribution in [1.29, 1.82) is 0 Å².